The number of hydrogen-bond donors (Lipinski definition) is 1. The lowest BCUT2D eigenvalue weighted by molar-refractivity contribution is 0.477. The van der Waals surface area contributed by atoms with Crippen molar-refractivity contribution in [2.45, 2.75) is 39.3 Å². The van der Waals surface area contributed by atoms with E-state index in [1.165, 1.54) is 11.1 Å². The van der Waals surface area contributed by atoms with Gasteiger partial charge in [-0.2, -0.15) is 5.10 Å². The van der Waals surface area contributed by atoms with Crippen molar-refractivity contribution in [1.82, 2.24) is 20.1 Å². The van der Waals surface area contributed by atoms with Gasteiger partial charge in [0.05, 0.1) is 0 Å². The van der Waals surface area contributed by atoms with Gasteiger partial charge in [0, 0.05) is 23.0 Å². The third kappa shape index (κ3) is 3.27. The van der Waals surface area contributed by atoms with Crippen LogP contribution < -0.4 is 5.32 Å². The first-order valence-corrected chi connectivity index (χ1v) is 7.64. The summed E-state index contributed by atoms with van der Waals surface area (Å²) in [6, 6.07) is 6.94. The molecular formula is C15H21BrN4. The summed E-state index contributed by atoms with van der Waals surface area (Å²) in [6.07, 6.45) is 2.46. The molecule has 2 aromatic rings. The Kier molecular flexibility index (Phi) is 4.94. The van der Waals surface area contributed by atoms with Gasteiger partial charge in [0.25, 0.3) is 0 Å². The molecule has 1 heterocycles. The van der Waals surface area contributed by atoms with E-state index >= 15 is 0 Å². The third-order valence-electron chi connectivity index (χ3n) is 3.49. The number of aryl methyl sites for hydroxylation is 1. The number of rotatable bonds is 5. The summed E-state index contributed by atoms with van der Waals surface area (Å²) in [7, 11) is 1.99. The molecule has 5 heteroatoms. The molecule has 0 aliphatic carbocycles. The van der Waals surface area contributed by atoms with E-state index in [4.69, 9.17) is 0 Å². The Balaban J connectivity index is 2.29. The Morgan fingerprint density at radius 3 is 2.75 bits per heavy atom. The molecule has 0 amide bonds. The molecule has 1 aromatic heterocycles. The summed E-state index contributed by atoms with van der Waals surface area (Å²) in [5, 5.41) is 7.69. The molecule has 1 atom stereocenters. The van der Waals surface area contributed by atoms with Crippen molar-refractivity contribution in [3.8, 4) is 0 Å². The zero-order chi connectivity index (χ0) is 14.7. The molecule has 0 radical (unpaired) electrons. The zero-order valence-corrected chi connectivity index (χ0v) is 14.0. The van der Waals surface area contributed by atoms with E-state index in [2.05, 4.69) is 70.3 Å². The van der Waals surface area contributed by atoms with E-state index < -0.39 is 0 Å². The van der Waals surface area contributed by atoms with Gasteiger partial charge in [-0.1, -0.05) is 22.0 Å². The zero-order valence-electron chi connectivity index (χ0n) is 12.4. The summed E-state index contributed by atoms with van der Waals surface area (Å²) in [5.74, 6) is 1.01. The van der Waals surface area contributed by atoms with Crippen LogP contribution in [-0.2, 0) is 6.42 Å². The molecule has 1 N–H and O–H groups in total. The highest BCUT2D eigenvalue weighted by Crippen LogP contribution is 2.25. The van der Waals surface area contributed by atoms with Crippen LogP contribution in [0.15, 0.2) is 29.0 Å². The largest absolute Gasteiger partial charge is 0.313 e. The average molecular weight is 337 g/mol. The molecule has 0 aliphatic heterocycles. The first-order chi connectivity index (χ1) is 9.52. The predicted octanol–water partition coefficient (Wildman–Crippen LogP) is 3.43. The van der Waals surface area contributed by atoms with Crippen LogP contribution in [0.3, 0.4) is 0 Å². The standard InChI is InChI=1S/C15H21BrN4/c1-10(2)20-15(18-9-19-20)8-14(17-4)13-7-12(16)6-5-11(13)3/h5-7,9-10,14,17H,8H2,1-4H3. The van der Waals surface area contributed by atoms with Gasteiger partial charge >= 0.3 is 0 Å². The van der Waals surface area contributed by atoms with Crippen LogP contribution in [0.25, 0.3) is 0 Å². The minimum atomic E-state index is 0.231. The Hall–Kier alpha value is -1.20. The van der Waals surface area contributed by atoms with Crippen LogP contribution in [0.5, 0.6) is 0 Å². The van der Waals surface area contributed by atoms with E-state index in [1.807, 2.05) is 11.7 Å². The first kappa shape index (κ1) is 15.2. The van der Waals surface area contributed by atoms with Crippen LogP contribution in [-0.4, -0.2) is 21.8 Å². The molecule has 0 spiro atoms. The summed E-state index contributed by atoms with van der Waals surface area (Å²) < 4.78 is 3.08. The van der Waals surface area contributed by atoms with Gasteiger partial charge in [-0.25, -0.2) is 9.67 Å². The second-order valence-electron chi connectivity index (χ2n) is 5.26. The Morgan fingerprint density at radius 2 is 2.10 bits per heavy atom. The maximum absolute atomic E-state index is 4.40. The lowest BCUT2D eigenvalue weighted by atomic mass is 9.98. The predicted molar refractivity (Wildman–Crippen MR) is 84.8 cm³/mol. The second-order valence-corrected chi connectivity index (χ2v) is 6.18. The number of halogens is 1. The second kappa shape index (κ2) is 6.50. The lowest BCUT2D eigenvalue weighted by Gasteiger charge is -2.20. The van der Waals surface area contributed by atoms with Crippen molar-refractivity contribution in [2.75, 3.05) is 7.05 Å². The Morgan fingerprint density at radius 1 is 1.35 bits per heavy atom. The van der Waals surface area contributed by atoms with Gasteiger partial charge < -0.3 is 5.32 Å². The van der Waals surface area contributed by atoms with Gasteiger partial charge in [0.15, 0.2) is 0 Å². The number of nitrogens with zero attached hydrogens (tertiary/aromatic N) is 3. The molecule has 0 saturated heterocycles. The number of likely N-dealkylation sites (N-methyl/N-ethyl adjacent to an activating group) is 1. The highest BCUT2D eigenvalue weighted by Gasteiger charge is 2.17. The van der Waals surface area contributed by atoms with Crippen molar-refractivity contribution in [2.24, 2.45) is 0 Å². The van der Waals surface area contributed by atoms with Crippen LogP contribution >= 0.6 is 15.9 Å². The maximum Gasteiger partial charge on any atom is 0.138 e. The normalized spacial score (nSPS) is 12.9. The third-order valence-corrected chi connectivity index (χ3v) is 3.98. The van der Waals surface area contributed by atoms with E-state index in [9.17, 15) is 0 Å². The number of nitrogens with one attached hydrogen (secondary N) is 1. The van der Waals surface area contributed by atoms with E-state index in [1.54, 1.807) is 6.33 Å². The minimum Gasteiger partial charge on any atom is -0.313 e. The monoisotopic (exact) mass is 336 g/mol. The van der Waals surface area contributed by atoms with Crippen LogP contribution in [0.4, 0.5) is 0 Å². The van der Waals surface area contributed by atoms with Crippen LogP contribution in [0.1, 0.15) is 42.9 Å². The SMILES string of the molecule is CNC(Cc1ncnn1C(C)C)c1cc(Br)ccc1C. The Bertz CT molecular complexity index is 577. The summed E-state index contributed by atoms with van der Waals surface area (Å²) in [5.41, 5.74) is 2.57. The first-order valence-electron chi connectivity index (χ1n) is 6.84. The van der Waals surface area contributed by atoms with Crippen molar-refractivity contribution >= 4 is 15.9 Å². The fraction of sp³-hybridized carbons (Fsp3) is 0.467. The van der Waals surface area contributed by atoms with Crippen molar-refractivity contribution in [3.63, 3.8) is 0 Å². The smallest absolute Gasteiger partial charge is 0.138 e. The molecule has 2 rings (SSSR count). The molecule has 0 fully saturated rings. The molecule has 0 aliphatic rings. The molecule has 0 saturated carbocycles. The van der Waals surface area contributed by atoms with Crippen LogP contribution in [0, 0.1) is 6.92 Å². The Labute approximate surface area is 128 Å². The maximum atomic E-state index is 4.40. The highest BCUT2D eigenvalue weighted by molar-refractivity contribution is 9.10. The van der Waals surface area contributed by atoms with Crippen LogP contribution in [0.2, 0.25) is 0 Å². The molecule has 4 nitrogen and oxygen atoms in total. The van der Waals surface area contributed by atoms with Gasteiger partial charge in [-0.3, -0.25) is 0 Å². The van der Waals surface area contributed by atoms with Crippen molar-refractivity contribution in [1.29, 1.82) is 0 Å². The van der Waals surface area contributed by atoms with Gasteiger partial charge in [0.2, 0.25) is 0 Å². The molecule has 0 bridgehead atoms. The lowest BCUT2D eigenvalue weighted by Crippen LogP contribution is -2.22. The van der Waals surface area contributed by atoms with E-state index in [0.717, 1.165) is 16.7 Å². The van der Waals surface area contributed by atoms with E-state index in [-0.39, 0.29) is 6.04 Å². The summed E-state index contributed by atoms with van der Waals surface area (Å²) in [4.78, 5) is 4.40. The van der Waals surface area contributed by atoms with Crippen molar-refractivity contribution < 1.29 is 0 Å². The van der Waals surface area contributed by atoms with Gasteiger partial charge in [-0.05, 0) is 51.1 Å². The number of aromatic nitrogens is 3. The summed E-state index contributed by atoms with van der Waals surface area (Å²) >= 11 is 3.55. The quantitative estimate of drug-likeness (QED) is 0.909. The molecular weight excluding hydrogens is 316 g/mol. The number of benzene rings is 1. The fourth-order valence-electron chi connectivity index (χ4n) is 2.39. The summed E-state index contributed by atoms with van der Waals surface area (Å²) in [6.45, 7) is 6.38. The fourth-order valence-corrected chi connectivity index (χ4v) is 2.77. The molecule has 1 aromatic carbocycles. The molecule has 1 unspecified atom stereocenters. The topological polar surface area (TPSA) is 42.7 Å². The minimum absolute atomic E-state index is 0.231. The highest BCUT2D eigenvalue weighted by atomic mass is 79.9. The number of hydrogen-bond acceptors (Lipinski definition) is 3. The average Bonchev–Trinajstić information content (AvgIpc) is 2.87. The molecule has 108 valence electrons. The van der Waals surface area contributed by atoms with Gasteiger partial charge in [0.1, 0.15) is 12.2 Å². The van der Waals surface area contributed by atoms with E-state index in [0.29, 0.717) is 6.04 Å². The van der Waals surface area contributed by atoms with Crippen molar-refractivity contribution in [3.05, 3.63) is 46.0 Å². The molecule has 20 heavy (non-hydrogen) atoms. The van der Waals surface area contributed by atoms with Gasteiger partial charge in [-0.15, -0.1) is 0 Å².